The molecule has 0 unspecified atom stereocenters. The largest absolute Gasteiger partial charge is 0.390 e. The Hall–Kier alpha value is -0.820. The van der Waals surface area contributed by atoms with Gasteiger partial charge in [0, 0.05) is 6.42 Å². The normalized spacial score (nSPS) is 23.6. The Bertz CT molecular complexity index is 490. The highest BCUT2D eigenvalue weighted by Crippen LogP contribution is 2.51. The Balaban J connectivity index is 1.73. The van der Waals surface area contributed by atoms with Crippen LogP contribution >= 0.6 is 0 Å². The summed E-state index contributed by atoms with van der Waals surface area (Å²) in [5, 5.41) is 11.1. The quantitative estimate of drug-likeness (QED) is 0.809. The van der Waals surface area contributed by atoms with E-state index >= 15 is 0 Å². The summed E-state index contributed by atoms with van der Waals surface area (Å²) in [5.74, 6) is 0. The summed E-state index contributed by atoms with van der Waals surface area (Å²) in [7, 11) is 0. The van der Waals surface area contributed by atoms with Gasteiger partial charge in [0.2, 0.25) is 0 Å². The number of hydrogen-bond acceptors (Lipinski definition) is 1. The van der Waals surface area contributed by atoms with Gasteiger partial charge in [0.15, 0.2) is 0 Å². The van der Waals surface area contributed by atoms with Crippen LogP contribution in [-0.4, -0.2) is 10.7 Å². The van der Waals surface area contributed by atoms with E-state index in [1.165, 1.54) is 60.8 Å². The molecule has 0 aliphatic heterocycles. The Kier molecular flexibility index (Phi) is 3.90. The van der Waals surface area contributed by atoms with E-state index in [2.05, 4.69) is 32.9 Å². The molecule has 0 atom stereocenters. The third-order valence-corrected chi connectivity index (χ3v) is 6.25. The number of benzene rings is 1. The maximum absolute atomic E-state index is 11.1. The van der Waals surface area contributed by atoms with Crippen molar-refractivity contribution in [3.8, 4) is 0 Å². The maximum Gasteiger partial charge on any atom is 0.0688 e. The van der Waals surface area contributed by atoms with Gasteiger partial charge in [0.25, 0.3) is 0 Å². The van der Waals surface area contributed by atoms with Crippen molar-refractivity contribution >= 4 is 0 Å². The third kappa shape index (κ3) is 3.04. The molecule has 2 aliphatic carbocycles. The van der Waals surface area contributed by atoms with E-state index in [4.69, 9.17) is 0 Å². The first kappa shape index (κ1) is 15.1. The summed E-state index contributed by atoms with van der Waals surface area (Å²) >= 11 is 0. The maximum atomic E-state index is 11.1. The van der Waals surface area contributed by atoms with E-state index in [9.17, 15) is 5.11 Å². The molecule has 2 saturated carbocycles. The van der Waals surface area contributed by atoms with Crippen LogP contribution < -0.4 is 0 Å². The first-order chi connectivity index (χ1) is 9.91. The van der Waals surface area contributed by atoms with Crippen molar-refractivity contribution in [1.29, 1.82) is 0 Å². The van der Waals surface area contributed by atoms with Crippen LogP contribution in [0.1, 0.15) is 73.6 Å². The minimum atomic E-state index is -0.460. The Morgan fingerprint density at radius 3 is 1.90 bits per heavy atom. The van der Waals surface area contributed by atoms with Gasteiger partial charge in [-0.25, -0.2) is 0 Å². The minimum absolute atomic E-state index is 0.460. The molecular weight excluding hydrogens is 256 g/mol. The highest BCUT2D eigenvalue weighted by molar-refractivity contribution is 5.38. The predicted molar refractivity (Wildman–Crippen MR) is 88.7 cm³/mol. The molecule has 2 aliphatic rings. The fraction of sp³-hybridized carbons (Fsp3) is 0.700. The first-order valence-corrected chi connectivity index (χ1v) is 8.71. The summed E-state index contributed by atoms with van der Waals surface area (Å²) in [5.41, 5.74) is 5.55. The summed E-state index contributed by atoms with van der Waals surface area (Å²) < 4.78 is 0. The van der Waals surface area contributed by atoms with E-state index in [1.807, 2.05) is 0 Å². The molecule has 0 aromatic heterocycles. The van der Waals surface area contributed by atoms with Crippen LogP contribution in [0, 0.1) is 26.2 Å². The predicted octanol–water partition coefficient (Wildman–Crippen LogP) is 5.02. The molecule has 1 heteroatoms. The van der Waals surface area contributed by atoms with Gasteiger partial charge in [-0.05, 0) is 81.4 Å². The monoisotopic (exact) mass is 286 g/mol. The zero-order chi connectivity index (χ0) is 15.1. The number of aryl methyl sites for hydroxylation is 3. The fourth-order valence-electron chi connectivity index (χ4n) is 4.87. The van der Waals surface area contributed by atoms with E-state index in [0.29, 0.717) is 5.41 Å². The van der Waals surface area contributed by atoms with Crippen molar-refractivity contribution < 1.29 is 5.11 Å². The van der Waals surface area contributed by atoms with Gasteiger partial charge in [-0.2, -0.15) is 0 Å². The smallest absolute Gasteiger partial charge is 0.0688 e. The molecule has 1 aromatic rings. The average Bonchev–Trinajstić information content (AvgIpc) is 2.87. The van der Waals surface area contributed by atoms with Gasteiger partial charge in [-0.15, -0.1) is 0 Å². The second-order valence-electron chi connectivity index (χ2n) is 7.99. The molecule has 0 radical (unpaired) electrons. The summed E-state index contributed by atoms with van der Waals surface area (Å²) in [6.07, 6.45) is 11.0. The van der Waals surface area contributed by atoms with Crippen LogP contribution in [-0.2, 0) is 6.42 Å². The van der Waals surface area contributed by atoms with Gasteiger partial charge >= 0.3 is 0 Å². The van der Waals surface area contributed by atoms with Crippen LogP contribution in [0.15, 0.2) is 12.1 Å². The fourth-order valence-corrected chi connectivity index (χ4v) is 4.87. The zero-order valence-electron chi connectivity index (χ0n) is 14.0. The molecule has 1 N–H and O–H groups in total. The van der Waals surface area contributed by atoms with Crippen molar-refractivity contribution in [2.75, 3.05) is 0 Å². The van der Waals surface area contributed by atoms with Crippen molar-refractivity contribution in [1.82, 2.24) is 0 Å². The number of aliphatic hydroxyl groups is 1. The average molecular weight is 286 g/mol. The second-order valence-corrected chi connectivity index (χ2v) is 7.99. The molecular formula is C20H30O. The van der Waals surface area contributed by atoms with Crippen LogP contribution in [0.5, 0.6) is 0 Å². The Labute approximate surface area is 129 Å². The molecule has 1 spiro atoms. The van der Waals surface area contributed by atoms with Gasteiger partial charge in [-0.3, -0.25) is 0 Å². The highest BCUT2D eigenvalue weighted by Gasteiger charge is 2.43. The van der Waals surface area contributed by atoms with Crippen molar-refractivity contribution in [2.45, 2.75) is 84.2 Å². The van der Waals surface area contributed by atoms with E-state index in [-0.39, 0.29) is 0 Å². The Morgan fingerprint density at radius 2 is 1.38 bits per heavy atom. The van der Waals surface area contributed by atoms with E-state index in [0.717, 1.165) is 19.3 Å². The summed E-state index contributed by atoms with van der Waals surface area (Å²) in [6.45, 7) is 6.54. The second kappa shape index (κ2) is 5.43. The summed E-state index contributed by atoms with van der Waals surface area (Å²) in [6, 6.07) is 4.51. The lowest BCUT2D eigenvalue weighted by molar-refractivity contribution is -0.0324. The Morgan fingerprint density at radius 1 is 0.857 bits per heavy atom. The molecule has 1 nitrogen and oxygen atoms in total. The highest BCUT2D eigenvalue weighted by atomic mass is 16.3. The van der Waals surface area contributed by atoms with Crippen LogP contribution in [0.25, 0.3) is 0 Å². The van der Waals surface area contributed by atoms with Crippen molar-refractivity contribution in [3.05, 3.63) is 34.4 Å². The van der Waals surface area contributed by atoms with Gasteiger partial charge < -0.3 is 5.11 Å². The zero-order valence-corrected chi connectivity index (χ0v) is 14.0. The van der Waals surface area contributed by atoms with Crippen LogP contribution in [0.2, 0.25) is 0 Å². The molecule has 3 rings (SSSR count). The van der Waals surface area contributed by atoms with Gasteiger partial charge in [0.05, 0.1) is 5.60 Å². The van der Waals surface area contributed by atoms with E-state index < -0.39 is 5.60 Å². The molecule has 0 saturated heterocycles. The summed E-state index contributed by atoms with van der Waals surface area (Å²) in [4.78, 5) is 0. The molecule has 0 heterocycles. The molecule has 1 aromatic carbocycles. The van der Waals surface area contributed by atoms with Crippen LogP contribution in [0.4, 0.5) is 0 Å². The molecule has 116 valence electrons. The lowest BCUT2D eigenvalue weighted by Crippen LogP contribution is -2.40. The number of hydrogen-bond donors (Lipinski definition) is 1. The third-order valence-electron chi connectivity index (χ3n) is 6.25. The lowest BCUT2D eigenvalue weighted by atomic mass is 9.66. The SMILES string of the molecule is Cc1cc(C)c(CC2(O)CCC3(CCCC3)CC2)c(C)c1. The van der Waals surface area contributed by atoms with Gasteiger partial charge in [-0.1, -0.05) is 30.5 Å². The number of rotatable bonds is 2. The van der Waals surface area contributed by atoms with Crippen molar-refractivity contribution in [3.63, 3.8) is 0 Å². The topological polar surface area (TPSA) is 20.2 Å². The first-order valence-electron chi connectivity index (χ1n) is 8.71. The minimum Gasteiger partial charge on any atom is -0.390 e. The van der Waals surface area contributed by atoms with Crippen molar-refractivity contribution in [2.24, 2.45) is 5.41 Å². The van der Waals surface area contributed by atoms with Gasteiger partial charge in [0.1, 0.15) is 0 Å². The lowest BCUT2D eigenvalue weighted by Gasteiger charge is -2.42. The standard InChI is InChI=1S/C20H30O/c1-15-12-16(2)18(17(3)13-15)14-20(21)10-8-19(9-11-20)6-4-5-7-19/h12-13,21H,4-11,14H2,1-3H3. The molecule has 2 fully saturated rings. The molecule has 0 bridgehead atoms. The van der Waals surface area contributed by atoms with E-state index in [1.54, 1.807) is 0 Å². The molecule has 21 heavy (non-hydrogen) atoms. The van der Waals surface area contributed by atoms with Crippen LogP contribution in [0.3, 0.4) is 0 Å². The molecule has 0 amide bonds.